The van der Waals surface area contributed by atoms with Crippen molar-refractivity contribution in [2.45, 2.75) is 110 Å². The number of nitrogens with one attached hydrogen (secondary N) is 1. The molecule has 0 aromatic rings. The molecule has 2 aliphatic heterocycles. The van der Waals surface area contributed by atoms with E-state index in [1.54, 1.807) is 18.7 Å². The summed E-state index contributed by atoms with van der Waals surface area (Å²) in [7, 11) is 0. The summed E-state index contributed by atoms with van der Waals surface area (Å²) < 4.78 is 5.90. The van der Waals surface area contributed by atoms with Crippen LogP contribution in [0, 0.1) is 17.8 Å². The van der Waals surface area contributed by atoms with Gasteiger partial charge in [-0.3, -0.25) is 9.59 Å². The van der Waals surface area contributed by atoms with E-state index in [0.29, 0.717) is 25.8 Å². The highest BCUT2D eigenvalue weighted by Crippen LogP contribution is 2.27. The van der Waals surface area contributed by atoms with Crippen molar-refractivity contribution in [3.63, 3.8) is 0 Å². The van der Waals surface area contributed by atoms with Crippen LogP contribution >= 0.6 is 0 Å². The molecule has 7 atom stereocenters. The van der Waals surface area contributed by atoms with Crippen LogP contribution in [0.25, 0.3) is 0 Å². The molecule has 0 aromatic heterocycles. The van der Waals surface area contributed by atoms with E-state index in [1.165, 1.54) is 0 Å². The first kappa shape index (κ1) is 26.6. The molecule has 0 radical (unpaired) electrons. The Balaban J connectivity index is 2.23. The molecule has 2 heterocycles. The summed E-state index contributed by atoms with van der Waals surface area (Å²) >= 11 is 0. The molecule has 2 aliphatic rings. The molecule has 0 saturated carbocycles. The minimum atomic E-state index is -0.991. The van der Waals surface area contributed by atoms with Crippen molar-refractivity contribution >= 4 is 17.8 Å². The molecule has 2 amide bonds. The first-order valence-corrected chi connectivity index (χ1v) is 12.2. The van der Waals surface area contributed by atoms with Crippen molar-refractivity contribution in [3.05, 3.63) is 0 Å². The van der Waals surface area contributed by atoms with Gasteiger partial charge >= 0.3 is 5.97 Å². The van der Waals surface area contributed by atoms with Gasteiger partial charge < -0.3 is 25.2 Å². The Kier molecular flexibility index (Phi) is 9.95. The van der Waals surface area contributed by atoms with Crippen molar-refractivity contribution in [2.24, 2.45) is 17.8 Å². The maximum absolute atomic E-state index is 13.2. The number of fused-ring (bicyclic) bond motifs is 1. The lowest BCUT2D eigenvalue weighted by atomic mass is 9.89. The number of esters is 1. The Labute approximate surface area is 192 Å². The van der Waals surface area contributed by atoms with Gasteiger partial charge in [0.25, 0.3) is 0 Å². The van der Waals surface area contributed by atoms with Crippen molar-refractivity contribution in [1.29, 1.82) is 0 Å². The van der Waals surface area contributed by atoms with E-state index in [1.807, 2.05) is 20.8 Å². The maximum Gasteiger partial charge on any atom is 0.329 e. The SMILES string of the molecule is CC(C)[C@H]1NC(=O)[C@H](C)[C@@H](O)C[C@H]([C@@H](C)CCCC[C@@H](C)O)OC(=O)[C@H]2CCCN2C1=O. The fourth-order valence-electron chi connectivity index (χ4n) is 4.59. The number of carbonyl (C=O) groups excluding carboxylic acids is 3. The van der Waals surface area contributed by atoms with E-state index in [0.717, 1.165) is 19.3 Å². The van der Waals surface area contributed by atoms with Crippen LogP contribution in [-0.4, -0.2) is 69.8 Å². The fourth-order valence-corrected chi connectivity index (χ4v) is 4.59. The summed E-state index contributed by atoms with van der Waals surface area (Å²) in [5.41, 5.74) is 0. The highest BCUT2D eigenvalue weighted by Gasteiger charge is 2.42. The number of ether oxygens (including phenoxy) is 1. The highest BCUT2D eigenvalue weighted by atomic mass is 16.5. The number of nitrogens with zero attached hydrogens (tertiary/aromatic N) is 1. The third-order valence-corrected chi connectivity index (χ3v) is 6.94. The van der Waals surface area contributed by atoms with Crippen LogP contribution in [0.15, 0.2) is 0 Å². The lowest BCUT2D eigenvalue weighted by Gasteiger charge is -2.35. The second-order valence-electron chi connectivity index (χ2n) is 10.1. The van der Waals surface area contributed by atoms with E-state index < -0.39 is 36.2 Å². The highest BCUT2D eigenvalue weighted by molar-refractivity contribution is 5.92. The molecule has 2 saturated heterocycles. The monoisotopic (exact) mass is 454 g/mol. The van der Waals surface area contributed by atoms with Gasteiger partial charge in [0, 0.05) is 13.0 Å². The van der Waals surface area contributed by atoms with E-state index in [9.17, 15) is 24.6 Å². The molecule has 3 N–H and O–H groups in total. The molecule has 8 nitrogen and oxygen atoms in total. The quantitative estimate of drug-likeness (QED) is 0.400. The summed E-state index contributed by atoms with van der Waals surface area (Å²) in [5.74, 6) is -1.96. The fraction of sp³-hybridized carbons (Fsp3) is 0.875. The number of hydrogen-bond donors (Lipinski definition) is 3. The van der Waals surface area contributed by atoms with Gasteiger partial charge in [-0.2, -0.15) is 0 Å². The van der Waals surface area contributed by atoms with Crippen LogP contribution < -0.4 is 5.32 Å². The summed E-state index contributed by atoms with van der Waals surface area (Å²) in [6.07, 6.45) is 2.78. The molecule has 2 rings (SSSR count). The average Bonchev–Trinajstić information content (AvgIpc) is 3.22. The van der Waals surface area contributed by atoms with Crippen LogP contribution in [0.5, 0.6) is 0 Å². The second kappa shape index (κ2) is 12.0. The number of hydrogen-bond acceptors (Lipinski definition) is 6. The molecule has 8 heteroatoms. The molecule has 0 bridgehead atoms. The Morgan fingerprint density at radius 1 is 1.12 bits per heavy atom. The van der Waals surface area contributed by atoms with Gasteiger partial charge in [-0.15, -0.1) is 0 Å². The van der Waals surface area contributed by atoms with Crippen molar-refractivity contribution in [1.82, 2.24) is 10.2 Å². The molecule has 32 heavy (non-hydrogen) atoms. The standard InChI is InChI=1S/C24H42N2O6/c1-14(2)21-23(30)26-12-8-11-18(26)24(31)32-20(13-19(28)17(5)22(29)25-21)15(3)9-6-7-10-16(4)27/h14-21,27-28H,6-13H2,1-5H3,(H,25,29)/t15-,16+,17+,18+,19-,20+,21+/m0/s1. The lowest BCUT2D eigenvalue weighted by molar-refractivity contribution is -0.164. The Hall–Kier alpha value is -1.67. The molecule has 0 aromatic carbocycles. The number of amides is 2. The molecule has 184 valence electrons. The minimum Gasteiger partial charge on any atom is -0.460 e. The predicted molar refractivity (Wildman–Crippen MR) is 120 cm³/mol. The first-order chi connectivity index (χ1) is 15.0. The van der Waals surface area contributed by atoms with Gasteiger partial charge in [0.2, 0.25) is 11.8 Å². The van der Waals surface area contributed by atoms with Crippen LogP contribution in [0.2, 0.25) is 0 Å². The van der Waals surface area contributed by atoms with Gasteiger partial charge in [-0.05, 0) is 44.4 Å². The van der Waals surface area contributed by atoms with Gasteiger partial charge in [0.1, 0.15) is 18.2 Å². The van der Waals surface area contributed by atoms with E-state index in [2.05, 4.69) is 5.32 Å². The number of rotatable bonds is 7. The van der Waals surface area contributed by atoms with E-state index >= 15 is 0 Å². The maximum atomic E-state index is 13.2. The predicted octanol–water partition coefficient (Wildman–Crippen LogP) is 2.01. The molecular formula is C24H42N2O6. The zero-order valence-electron chi connectivity index (χ0n) is 20.3. The molecule has 0 unspecified atom stereocenters. The number of aliphatic hydroxyl groups excluding tert-OH is 2. The third-order valence-electron chi connectivity index (χ3n) is 6.94. The Morgan fingerprint density at radius 2 is 1.78 bits per heavy atom. The van der Waals surface area contributed by atoms with Crippen LogP contribution in [0.3, 0.4) is 0 Å². The van der Waals surface area contributed by atoms with Gasteiger partial charge in [-0.25, -0.2) is 4.79 Å². The van der Waals surface area contributed by atoms with Crippen LogP contribution in [0.4, 0.5) is 0 Å². The summed E-state index contributed by atoms with van der Waals surface area (Å²) in [6, 6.07) is -1.40. The Bertz CT molecular complexity index is 652. The third kappa shape index (κ3) is 6.91. The zero-order valence-corrected chi connectivity index (χ0v) is 20.3. The van der Waals surface area contributed by atoms with Gasteiger partial charge in [-0.1, -0.05) is 40.5 Å². The second-order valence-corrected chi connectivity index (χ2v) is 10.1. The normalized spacial score (nSPS) is 31.9. The number of aliphatic hydroxyl groups is 2. The summed E-state index contributed by atoms with van der Waals surface area (Å²) in [5, 5.41) is 23.1. The molecule has 0 aliphatic carbocycles. The van der Waals surface area contributed by atoms with Crippen LogP contribution in [-0.2, 0) is 19.1 Å². The average molecular weight is 455 g/mol. The lowest BCUT2D eigenvalue weighted by Crippen LogP contribution is -2.56. The minimum absolute atomic E-state index is 0.0187. The van der Waals surface area contributed by atoms with E-state index in [-0.39, 0.29) is 36.2 Å². The zero-order chi connectivity index (χ0) is 24.0. The Morgan fingerprint density at radius 3 is 2.41 bits per heavy atom. The van der Waals surface area contributed by atoms with Crippen LogP contribution in [0.1, 0.15) is 79.6 Å². The topological polar surface area (TPSA) is 116 Å². The molecule has 2 fully saturated rings. The van der Waals surface area contributed by atoms with Gasteiger partial charge in [0.05, 0.1) is 18.1 Å². The van der Waals surface area contributed by atoms with Gasteiger partial charge in [0.15, 0.2) is 0 Å². The van der Waals surface area contributed by atoms with E-state index in [4.69, 9.17) is 4.74 Å². The smallest absolute Gasteiger partial charge is 0.329 e. The number of unbranched alkanes of at least 4 members (excludes halogenated alkanes) is 1. The summed E-state index contributed by atoms with van der Waals surface area (Å²) in [6.45, 7) is 9.56. The van der Waals surface area contributed by atoms with Crippen molar-refractivity contribution in [3.8, 4) is 0 Å². The first-order valence-electron chi connectivity index (χ1n) is 12.2. The summed E-state index contributed by atoms with van der Waals surface area (Å²) in [4.78, 5) is 40.7. The molecular weight excluding hydrogens is 412 g/mol. The van der Waals surface area contributed by atoms with Crippen molar-refractivity contribution < 1.29 is 29.3 Å². The number of carbonyl (C=O) groups is 3. The molecule has 0 spiro atoms. The number of cyclic esters (lactones) is 1. The largest absolute Gasteiger partial charge is 0.460 e. The van der Waals surface area contributed by atoms with Crippen molar-refractivity contribution in [2.75, 3.05) is 6.54 Å².